The predicted molar refractivity (Wildman–Crippen MR) is 139 cm³/mol. The molecule has 36 heavy (non-hydrogen) atoms. The number of ether oxygens (including phenoxy) is 3. The Hall–Kier alpha value is -3.07. The van der Waals surface area contributed by atoms with Crippen molar-refractivity contribution in [1.82, 2.24) is 20.2 Å². The average Bonchev–Trinajstić information content (AvgIpc) is 3.35. The Morgan fingerprint density at radius 3 is 2.53 bits per heavy atom. The molecule has 0 aliphatic carbocycles. The topological polar surface area (TPSA) is 85.8 Å². The van der Waals surface area contributed by atoms with Crippen LogP contribution in [0.4, 0.5) is 0 Å². The minimum absolute atomic E-state index is 0.142. The highest BCUT2D eigenvalue weighted by molar-refractivity contribution is 6.42. The predicted octanol–water partition coefficient (Wildman–Crippen LogP) is 4.48. The second kappa shape index (κ2) is 12.3. The number of methoxy groups -OCH3 is 2. The van der Waals surface area contributed by atoms with Crippen molar-refractivity contribution in [2.24, 2.45) is 5.92 Å². The summed E-state index contributed by atoms with van der Waals surface area (Å²) in [6.45, 7) is 3.13. The highest BCUT2D eigenvalue weighted by Crippen LogP contribution is 2.32. The molecule has 0 spiro atoms. The molecule has 1 amide bonds. The first-order valence-electron chi connectivity index (χ1n) is 11.6. The number of aromatic nitrogens is 2. The van der Waals surface area contributed by atoms with Gasteiger partial charge in [-0.05, 0) is 54.3 Å². The Labute approximate surface area is 220 Å². The molecular formula is C26H28Cl2N4O4. The normalized spacial score (nSPS) is 15.5. The molecule has 1 atom stereocenters. The zero-order valence-corrected chi connectivity index (χ0v) is 21.7. The first-order valence-corrected chi connectivity index (χ1v) is 12.3. The number of hydrogen-bond donors (Lipinski definition) is 1. The van der Waals surface area contributed by atoms with E-state index in [0.717, 1.165) is 42.7 Å². The van der Waals surface area contributed by atoms with Crippen LogP contribution >= 0.6 is 23.2 Å². The van der Waals surface area contributed by atoms with E-state index >= 15 is 0 Å². The van der Waals surface area contributed by atoms with E-state index in [2.05, 4.69) is 20.2 Å². The van der Waals surface area contributed by atoms with Gasteiger partial charge in [-0.3, -0.25) is 9.69 Å². The lowest BCUT2D eigenvalue weighted by Crippen LogP contribution is -2.34. The lowest BCUT2D eigenvalue weighted by atomic mass is 10.1. The van der Waals surface area contributed by atoms with Crippen LogP contribution in [0.1, 0.15) is 12.0 Å². The van der Waals surface area contributed by atoms with E-state index in [1.54, 1.807) is 26.6 Å². The summed E-state index contributed by atoms with van der Waals surface area (Å²) in [5, 5.41) is 4.07. The molecule has 0 saturated carbocycles. The van der Waals surface area contributed by atoms with Crippen LogP contribution in [0.25, 0.3) is 11.1 Å². The maximum absolute atomic E-state index is 12.3. The van der Waals surface area contributed by atoms with Gasteiger partial charge >= 0.3 is 6.01 Å². The highest BCUT2D eigenvalue weighted by atomic mass is 35.5. The second-order valence-corrected chi connectivity index (χ2v) is 9.37. The molecule has 1 aliphatic rings. The van der Waals surface area contributed by atoms with Crippen LogP contribution < -0.4 is 19.5 Å². The summed E-state index contributed by atoms with van der Waals surface area (Å²) in [4.78, 5) is 23.1. The van der Waals surface area contributed by atoms with E-state index in [4.69, 9.17) is 37.4 Å². The molecule has 1 saturated heterocycles. The van der Waals surface area contributed by atoms with Crippen molar-refractivity contribution in [3.63, 3.8) is 0 Å². The van der Waals surface area contributed by atoms with Crippen LogP contribution in [0.3, 0.4) is 0 Å². The summed E-state index contributed by atoms with van der Waals surface area (Å²) in [6.07, 6.45) is 4.30. The van der Waals surface area contributed by atoms with E-state index in [1.807, 2.05) is 36.4 Å². The number of amides is 1. The Morgan fingerprint density at radius 1 is 1.03 bits per heavy atom. The van der Waals surface area contributed by atoms with Crippen LogP contribution in [0.5, 0.6) is 17.5 Å². The number of benzene rings is 2. The van der Waals surface area contributed by atoms with Crippen molar-refractivity contribution in [3.05, 3.63) is 64.4 Å². The molecule has 1 unspecified atom stereocenters. The van der Waals surface area contributed by atoms with Crippen LogP contribution in [-0.2, 0) is 11.3 Å². The first kappa shape index (κ1) is 26.0. The molecule has 4 rings (SSSR count). The Bertz CT molecular complexity index is 1190. The van der Waals surface area contributed by atoms with Crippen LogP contribution in [-0.4, -0.2) is 61.2 Å². The molecular weight excluding hydrogens is 503 g/mol. The molecule has 0 radical (unpaired) electrons. The lowest BCUT2D eigenvalue weighted by molar-refractivity contribution is -0.123. The van der Waals surface area contributed by atoms with Gasteiger partial charge in [-0.15, -0.1) is 0 Å². The first-order chi connectivity index (χ1) is 17.4. The number of likely N-dealkylation sites (tertiary alicyclic amines) is 1. The van der Waals surface area contributed by atoms with Crippen molar-refractivity contribution in [2.45, 2.75) is 13.0 Å². The van der Waals surface area contributed by atoms with E-state index < -0.39 is 0 Å². The van der Waals surface area contributed by atoms with Gasteiger partial charge in [-0.2, -0.15) is 0 Å². The molecule has 0 bridgehead atoms. The summed E-state index contributed by atoms with van der Waals surface area (Å²) in [6, 6.07) is 11.4. The SMILES string of the molecule is COc1ccc(-c2cnc(OCC(=O)NCC3CCN(Cc4ccc(Cl)c(Cl)c4)C3)nc2)cc1OC. The van der Waals surface area contributed by atoms with E-state index in [-0.39, 0.29) is 18.5 Å². The fraction of sp³-hybridized carbons (Fsp3) is 0.346. The number of carbonyl (C=O) groups is 1. The molecule has 1 fully saturated rings. The number of rotatable bonds is 10. The molecule has 1 N–H and O–H groups in total. The molecule has 1 aromatic heterocycles. The summed E-state index contributed by atoms with van der Waals surface area (Å²) in [7, 11) is 3.17. The fourth-order valence-corrected chi connectivity index (χ4v) is 4.43. The van der Waals surface area contributed by atoms with Gasteiger partial charge in [0, 0.05) is 37.6 Å². The number of halogens is 2. The number of nitrogens with one attached hydrogen (secondary N) is 1. The maximum Gasteiger partial charge on any atom is 0.316 e. The maximum atomic E-state index is 12.3. The highest BCUT2D eigenvalue weighted by Gasteiger charge is 2.23. The number of hydrogen-bond acceptors (Lipinski definition) is 7. The summed E-state index contributed by atoms with van der Waals surface area (Å²) < 4.78 is 16.1. The van der Waals surface area contributed by atoms with Gasteiger partial charge in [0.25, 0.3) is 5.91 Å². The van der Waals surface area contributed by atoms with E-state index in [9.17, 15) is 4.79 Å². The van der Waals surface area contributed by atoms with Crippen molar-refractivity contribution in [3.8, 4) is 28.6 Å². The number of carbonyl (C=O) groups excluding carboxylic acids is 1. The minimum atomic E-state index is -0.203. The third kappa shape index (κ3) is 6.78. The molecule has 2 aromatic carbocycles. The smallest absolute Gasteiger partial charge is 0.316 e. The third-order valence-electron chi connectivity index (χ3n) is 6.03. The van der Waals surface area contributed by atoms with Gasteiger partial charge in [-0.25, -0.2) is 9.97 Å². The summed E-state index contributed by atoms with van der Waals surface area (Å²) in [5.41, 5.74) is 2.79. The molecule has 1 aliphatic heterocycles. The zero-order chi connectivity index (χ0) is 25.5. The monoisotopic (exact) mass is 530 g/mol. The van der Waals surface area contributed by atoms with Crippen LogP contribution in [0.15, 0.2) is 48.8 Å². The van der Waals surface area contributed by atoms with Crippen LogP contribution in [0, 0.1) is 5.92 Å². The molecule has 2 heterocycles. The zero-order valence-electron chi connectivity index (χ0n) is 20.2. The third-order valence-corrected chi connectivity index (χ3v) is 6.76. The molecule has 3 aromatic rings. The summed E-state index contributed by atoms with van der Waals surface area (Å²) in [5.74, 6) is 1.44. The van der Waals surface area contributed by atoms with E-state index in [0.29, 0.717) is 34.0 Å². The van der Waals surface area contributed by atoms with Gasteiger partial charge in [0.2, 0.25) is 0 Å². The standard InChI is InChI=1S/C26H28Cl2N4O4/c1-34-23-6-4-19(10-24(23)35-2)20-12-30-26(31-13-20)36-16-25(33)29-11-18-7-8-32(15-18)14-17-3-5-21(27)22(28)9-17/h3-6,9-10,12-13,18H,7-8,11,14-16H2,1-2H3,(H,29,33). The van der Waals surface area contributed by atoms with E-state index in [1.165, 1.54) is 0 Å². The average molecular weight is 531 g/mol. The van der Waals surface area contributed by atoms with Crippen molar-refractivity contribution in [1.29, 1.82) is 0 Å². The van der Waals surface area contributed by atoms with Gasteiger partial charge in [0.15, 0.2) is 18.1 Å². The Kier molecular flexibility index (Phi) is 8.85. The van der Waals surface area contributed by atoms with Crippen LogP contribution in [0.2, 0.25) is 10.0 Å². The van der Waals surface area contributed by atoms with Gasteiger partial charge < -0.3 is 19.5 Å². The van der Waals surface area contributed by atoms with Gasteiger partial charge in [-0.1, -0.05) is 35.3 Å². The quantitative estimate of drug-likeness (QED) is 0.413. The van der Waals surface area contributed by atoms with Crippen molar-refractivity contribution < 1.29 is 19.0 Å². The van der Waals surface area contributed by atoms with Crippen molar-refractivity contribution in [2.75, 3.05) is 40.5 Å². The van der Waals surface area contributed by atoms with Gasteiger partial charge in [0.1, 0.15) is 0 Å². The molecule has 10 heteroatoms. The lowest BCUT2D eigenvalue weighted by Gasteiger charge is -2.17. The van der Waals surface area contributed by atoms with Crippen molar-refractivity contribution >= 4 is 29.1 Å². The molecule has 190 valence electrons. The fourth-order valence-electron chi connectivity index (χ4n) is 4.11. The summed E-state index contributed by atoms with van der Waals surface area (Å²) >= 11 is 12.1. The largest absolute Gasteiger partial charge is 0.493 e. The Morgan fingerprint density at radius 2 is 1.81 bits per heavy atom. The number of nitrogens with zero attached hydrogens (tertiary/aromatic N) is 3. The molecule has 8 nitrogen and oxygen atoms in total. The van der Waals surface area contributed by atoms with Gasteiger partial charge in [0.05, 0.1) is 24.3 Å². The Balaban J connectivity index is 1.20. The second-order valence-electron chi connectivity index (χ2n) is 8.56. The minimum Gasteiger partial charge on any atom is -0.493 e.